The Hall–Kier alpha value is -0.260. The molecule has 12 heavy (non-hydrogen) atoms. The lowest BCUT2D eigenvalue weighted by molar-refractivity contribution is 0.626. The lowest BCUT2D eigenvalue weighted by Crippen LogP contribution is -1.82. The van der Waals surface area contributed by atoms with Crippen molar-refractivity contribution in [2.24, 2.45) is 0 Å². The van der Waals surface area contributed by atoms with Crippen LogP contribution < -0.4 is 0 Å². The van der Waals surface area contributed by atoms with Crippen molar-refractivity contribution in [2.45, 2.75) is 65.7 Å². The fourth-order valence-electron chi connectivity index (χ4n) is 1.48. The maximum absolute atomic E-state index is 2.28. The van der Waals surface area contributed by atoms with Crippen molar-refractivity contribution < 1.29 is 0 Å². The first-order chi connectivity index (χ1) is 5.85. The summed E-state index contributed by atoms with van der Waals surface area (Å²) in [6, 6.07) is 0. The average Bonchev–Trinajstić information content (AvgIpc) is 2.11. The van der Waals surface area contributed by atoms with Gasteiger partial charge in [-0.15, -0.1) is 0 Å². The molecule has 0 aromatic rings. The highest BCUT2D eigenvalue weighted by atomic mass is 14.0. The van der Waals surface area contributed by atoms with Gasteiger partial charge in [0.15, 0.2) is 0 Å². The number of rotatable bonds is 7. The maximum atomic E-state index is 2.28. The van der Waals surface area contributed by atoms with Crippen LogP contribution in [-0.2, 0) is 0 Å². The van der Waals surface area contributed by atoms with Crippen LogP contribution in [0.3, 0.4) is 0 Å². The summed E-state index contributed by atoms with van der Waals surface area (Å²) in [5.41, 5.74) is 1.63. The van der Waals surface area contributed by atoms with Crippen LogP contribution in [0.1, 0.15) is 65.7 Å². The predicted octanol–water partition coefficient (Wildman–Crippen LogP) is 4.70. The zero-order valence-electron chi connectivity index (χ0n) is 9.03. The Morgan fingerprint density at radius 3 is 2.17 bits per heavy atom. The van der Waals surface area contributed by atoms with E-state index in [2.05, 4.69) is 26.8 Å². The molecule has 0 fully saturated rings. The predicted molar refractivity (Wildman–Crippen MR) is 57.4 cm³/mol. The van der Waals surface area contributed by atoms with E-state index in [4.69, 9.17) is 0 Å². The second-order valence-corrected chi connectivity index (χ2v) is 3.46. The van der Waals surface area contributed by atoms with Crippen LogP contribution in [0.2, 0.25) is 0 Å². The molecule has 0 aliphatic carbocycles. The second-order valence-electron chi connectivity index (χ2n) is 3.46. The van der Waals surface area contributed by atoms with E-state index in [9.17, 15) is 0 Å². The number of hydrogen-bond acceptors (Lipinski definition) is 0. The van der Waals surface area contributed by atoms with Crippen LogP contribution in [0.15, 0.2) is 11.6 Å². The van der Waals surface area contributed by atoms with Crippen molar-refractivity contribution in [1.29, 1.82) is 0 Å². The third-order valence-corrected chi connectivity index (χ3v) is 2.46. The standard InChI is InChI=1S/C12H24/c1-4-7-8-9-10-11-12(5-2)6-3/h5H,4,6-11H2,1-3H3/b12-5+. The molecule has 0 atom stereocenters. The van der Waals surface area contributed by atoms with Gasteiger partial charge in [0.1, 0.15) is 0 Å². The van der Waals surface area contributed by atoms with E-state index < -0.39 is 0 Å². The molecular formula is C12H24. The first kappa shape index (κ1) is 11.7. The summed E-state index contributed by atoms with van der Waals surface area (Å²) >= 11 is 0. The molecule has 0 aliphatic rings. The molecule has 0 saturated carbocycles. The van der Waals surface area contributed by atoms with E-state index in [1.165, 1.54) is 44.9 Å². The van der Waals surface area contributed by atoms with E-state index in [0.717, 1.165) is 0 Å². The van der Waals surface area contributed by atoms with E-state index in [-0.39, 0.29) is 0 Å². The third kappa shape index (κ3) is 6.45. The fourth-order valence-corrected chi connectivity index (χ4v) is 1.48. The number of hydrogen-bond donors (Lipinski definition) is 0. The Morgan fingerprint density at radius 1 is 1.00 bits per heavy atom. The molecule has 0 heteroatoms. The molecule has 0 N–H and O–H groups in total. The molecule has 0 nitrogen and oxygen atoms in total. The van der Waals surface area contributed by atoms with E-state index in [1.807, 2.05) is 0 Å². The topological polar surface area (TPSA) is 0 Å². The van der Waals surface area contributed by atoms with Crippen molar-refractivity contribution >= 4 is 0 Å². The lowest BCUT2D eigenvalue weighted by atomic mass is 10.0. The molecule has 0 aromatic carbocycles. The molecular weight excluding hydrogens is 144 g/mol. The van der Waals surface area contributed by atoms with E-state index in [1.54, 1.807) is 5.57 Å². The van der Waals surface area contributed by atoms with Gasteiger partial charge in [-0.25, -0.2) is 0 Å². The molecule has 0 bridgehead atoms. The van der Waals surface area contributed by atoms with Crippen LogP contribution >= 0.6 is 0 Å². The van der Waals surface area contributed by atoms with Gasteiger partial charge in [-0.3, -0.25) is 0 Å². The largest absolute Gasteiger partial charge is 0.0885 e. The summed E-state index contributed by atoms with van der Waals surface area (Å²) in [5.74, 6) is 0. The molecule has 0 amide bonds. The monoisotopic (exact) mass is 168 g/mol. The molecule has 0 rings (SSSR count). The Morgan fingerprint density at radius 2 is 1.67 bits per heavy atom. The quantitative estimate of drug-likeness (QED) is 0.382. The number of unbranched alkanes of at least 4 members (excludes halogenated alkanes) is 4. The molecule has 0 unspecified atom stereocenters. The summed E-state index contributed by atoms with van der Waals surface area (Å²) in [6.07, 6.45) is 11.9. The molecule has 0 saturated heterocycles. The fraction of sp³-hybridized carbons (Fsp3) is 0.833. The first-order valence-electron chi connectivity index (χ1n) is 5.49. The summed E-state index contributed by atoms with van der Waals surface area (Å²) in [5, 5.41) is 0. The minimum atomic E-state index is 1.24. The molecule has 0 spiro atoms. The van der Waals surface area contributed by atoms with Gasteiger partial charge >= 0.3 is 0 Å². The summed E-state index contributed by atoms with van der Waals surface area (Å²) < 4.78 is 0. The van der Waals surface area contributed by atoms with Gasteiger partial charge in [0.2, 0.25) is 0 Å². The average molecular weight is 168 g/mol. The highest BCUT2D eigenvalue weighted by Gasteiger charge is 1.93. The van der Waals surface area contributed by atoms with Gasteiger partial charge in [0, 0.05) is 0 Å². The lowest BCUT2D eigenvalue weighted by Gasteiger charge is -2.02. The third-order valence-electron chi connectivity index (χ3n) is 2.46. The van der Waals surface area contributed by atoms with Gasteiger partial charge in [-0.05, 0) is 26.2 Å². The Kier molecular flexibility index (Phi) is 8.64. The van der Waals surface area contributed by atoms with Gasteiger partial charge in [-0.1, -0.05) is 51.2 Å². The highest BCUT2D eigenvalue weighted by Crippen LogP contribution is 2.13. The van der Waals surface area contributed by atoms with Gasteiger partial charge in [-0.2, -0.15) is 0 Å². The Labute approximate surface area is 78.1 Å². The zero-order valence-corrected chi connectivity index (χ0v) is 9.03. The molecule has 0 radical (unpaired) electrons. The van der Waals surface area contributed by atoms with Crippen molar-refractivity contribution in [1.82, 2.24) is 0 Å². The number of allylic oxidation sites excluding steroid dienone is 2. The summed E-state index contributed by atoms with van der Waals surface area (Å²) in [7, 11) is 0. The van der Waals surface area contributed by atoms with Gasteiger partial charge in [0.25, 0.3) is 0 Å². The van der Waals surface area contributed by atoms with Gasteiger partial charge < -0.3 is 0 Å². The molecule has 72 valence electrons. The summed E-state index contributed by atoms with van der Waals surface area (Å²) in [4.78, 5) is 0. The van der Waals surface area contributed by atoms with Crippen molar-refractivity contribution in [3.8, 4) is 0 Å². The molecule has 0 aromatic heterocycles. The normalized spacial score (nSPS) is 12.1. The minimum absolute atomic E-state index is 1.24. The van der Waals surface area contributed by atoms with E-state index in [0.29, 0.717) is 0 Å². The van der Waals surface area contributed by atoms with Crippen LogP contribution in [0.5, 0.6) is 0 Å². The highest BCUT2D eigenvalue weighted by molar-refractivity contribution is 4.98. The van der Waals surface area contributed by atoms with Crippen molar-refractivity contribution in [3.63, 3.8) is 0 Å². The van der Waals surface area contributed by atoms with Crippen LogP contribution in [0, 0.1) is 0 Å². The second kappa shape index (κ2) is 8.83. The minimum Gasteiger partial charge on any atom is -0.0885 e. The smallest absolute Gasteiger partial charge is 0.0321 e. The molecule has 0 aliphatic heterocycles. The van der Waals surface area contributed by atoms with Crippen molar-refractivity contribution in [2.75, 3.05) is 0 Å². The maximum Gasteiger partial charge on any atom is -0.0321 e. The van der Waals surface area contributed by atoms with E-state index >= 15 is 0 Å². The SMILES string of the molecule is C/C=C(\CC)CCCCCCC. The van der Waals surface area contributed by atoms with Crippen LogP contribution in [0.4, 0.5) is 0 Å². The Bertz CT molecular complexity index is 111. The zero-order chi connectivity index (χ0) is 9.23. The summed E-state index contributed by atoms with van der Waals surface area (Å²) in [6.45, 7) is 6.68. The first-order valence-corrected chi connectivity index (χ1v) is 5.49. The van der Waals surface area contributed by atoms with Crippen LogP contribution in [0.25, 0.3) is 0 Å². The Balaban J connectivity index is 3.18. The molecule has 0 heterocycles. The van der Waals surface area contributed by atoms with Crippen molar-refractivity contribution in [3.05, 3.63) is 11.6 Å². The van der Waals surface area contributed by atoms with Gasteiger partial charge in [0.05, 0.1) is 0 Å². The van der Waals surface area contributed by atoms with Crippen LogP contribution in [-0.4, -0.2) is 0 Å².